The average Bonchev–Trinajstić information content (AvgIpc) is 2.97. The molecule has 0 saturated carbocycles. The number of imidazole rings is 1. The lowest BCUT2D eigenvalue weighted by atomic mass is 10.2. The Bertz CT molecular complexity index is 669. The Labute approximate surface area is 107 Å². The summed E-state index contributed by atoms with van der Waals surface area (Å²) < 4.78 is 6.53. The van der Waals surface area contributed by atoms with Crippen LogP contribution in [0.5, 0.6) is 0 Å². The summed E-state index contributed by atoms with van der Waals surface area (Å²) in [6, 6.07) is 9.93. The smallest absolute Gasteiger partial charge is 0.349 e. The summed E-state index contributed by atoms with van der Waals surface area (Å²) in [5.74, 6) is -0.327. The van der Waals surface area contributed by atoms with Crippen molar-refractivity contribution in [2.75, 3.05) is 7.11 Å². The fourth-order valence-corrected chi connectivity index (χ4v) is 2.62. The Morgan fingerprint density at radius 3 is 2.72 bits per heavy atom. The van der Waals surface area contributed by atoms with Gasteiger partial charge in [-0.15, -0.1) is 0 Å². The van der Waals surface area contributed by atoms with Crippen LogP contribution >= 0.6 is 11.3 Å². The van der Waals surface area contributed by atoms with Crippen LogP contribution in [0.15, 0.2) is 42.7 Å². The third-order valence-corrected chi connectivity index (χ3v) is 3.59. The minimum atomic E-state index is -0.327. The molecule has 3 aromatic rings. The van der Waals surface area contributed by atoms with Crippen molar-refractivity contribution in [1.29, 1.82) is 0 Å². The van der Waals surface area contributed by atoms with Crippen molar-refractivity contribution >= 4 is 22.3 Å². The molecule has 0 spiro atoms. The van der Waals surface area contributed by atoms with Crippen molar-refractivity contribution in [2.45, 2.75) is 0 Å². The number of benzene rings is 1. The van der Waals surface area contributed by atoms with Crippen LogP contribution in [0.2, 0.25) is 0 Å². The molecular formula is C13H10N2O2S. The molecule has 3 rings (SSSR count). The first kappa shape index (κ1) is 11.0. The van der Waals surface area contributed by atoms with E-state index in [1.165, 1.54) is 18.4 Å². The first-order valence-electron chi connectivity index (χ1n) is 5.40. The predicted molar refractivity (Wildman–Crippen MR) is 69.8 cm³/mol. The Kier molecular flexibility index (Phi) is 2.60. The molecule has 0 aliphatic rings. The summed E-state index contributed by atoms with van der Waals surface area (Å²) in [5, 5.41) is 0. The van der Waals surface area contributed by atoms with Crippen LogP contribution in [-0.4, -0.2) is 22.5 Å². The molecule has 4 nitrogen and oxygen atoms in total. The molecule has 2 aromatic heterocycles. The Hall–Kier alpha value is -2.14. The summed E-state index contributed by atoms with van der Waals surface area (Å²) in [6.45, 7) is 0. The zero-order valence-electron chi connectivity index (χ0n) is 9.66. The average molecular weight is 258 g/mol. The van der Waals surface area contributed by atoms with Crippen molar-refractivity contribution < 1.29 is 9.53 Å². The number of fused-ring (bicyclic) bond motifs is 1. The highest BCUT2D eigenvalue weighted by Gasteiger charge is 2.13. The second-order valence-corrected chi connectivity index (χ2v) is 4.78. The zero-order valence-corrected chi connectivity index (χ0v) is 10.5. The van der Waals surface area contributed by atoms with E-state index >= 15 is 0 Å². The summed E-state index contributed by atoms with van der Waals surface area (Å²) in [5.41, 5.74) is 1.96. The number of hydrogen-bond donors (Lipinski definition) is 0. The van der Waals surface area contributed by atoms with Gasteiger partial charge in [-0.3, -0.25) is 4.40 Å². The largest absolute Gasteiger partial charge is 0.465 e. The molecule has 0 aliphatic heterocycles. The van der Waals surface area contributed by atoms with E-state index in [0.717, 1.165) is 16.2 Å². The van der Waals surface area contributed by atoms with Crippen LogP contribution in [0.1, 0.15) is 9.67 Å². The third kappa shape index (κ3) is 1.78. The van der Waals surface area contributed by atoms with E-state index in [1.54, 1.807) is 6.20 Å². The number of carbonyl (C=O) groups excluding carboxylic acids is 1. The highest BCUT2D eigenvalue weighted by Crippen LogP contribution is 2.24. The van der Waals surface area contributed by atoms with Gasteiger partial charge in [-0.25, -0.2) is 9.78 Å². The fourth-order valence-electron chi connectivity index (χ4n) is 1.74. The maximum Gasteiger partial charge on any atom is 0.349 e. The van der Waals surface area contributed by atoms with Gasteiger partial charge in [0.15, 0.2) is 4.96 Å². The molecule has 0 N–H and O–H groups in total. The number of hydrogen-bond acceptors (Lipinski definition) is 4. The highest BCUT2D eigenvalue weighted by molar-refractivity contribution is 7.18. The fraction of sp³-hybridized carbons (Fsp3) is 0.0769. The molecule has 5 heteroatoms. The van der Waals surface area contributed by atoms with Gasteiger partial charge in [0.2, 0.25) is 0 Å². The molecule has 0 bridgehead atoms. The second kappa shape index (κ2) is 4.27. The lowest BCUT2D eigenvalue weighted by molar-refractivity contribution is 0.0606. The normalized spacial score (nSPS) is 10.7. The van der Waals surface area contributed by atoms with Crippen molar-refractivity contribution in [2.24, 2.45) is 0 Å². The van der Waals surface area contributed by atoms with Crippen molar-refractivity contribution in [3.8, 4) is 11.3 Å². The van der Waals surface area contributed by atoms with Gasteiger partial charge >= 0.3 is 5.97 Å². The summed E-state index contributed by atoms with van der Waals surface area (Å²) >= 11 is 1.32. The summed E-state index contributed by atoms with van der Waals surface area (Å²) in [4.78, 5) is 17.2. The number of ether oxygens (including phenoxy) is 1. The van der Waals surface area contributed by atoms with E-state index in [9.17, 15) is 4.79 Å². The number of nitrogens with zero attached hydrogens (tertiary/aromatic N) is 2. The van der Waals surface area contributed by atoms with Gasteiger partial charge in [-0.2, -0.15) is 0 Å². The molecule has 0 atom stereocenters. The molecule has 0 fully saturated rings. The van der Waals surface area contributed by atoms with Crippen LogP contribution in [0.3, 0.4) is 0 Å². The van der Waals surface area contributed by atoms with Crippen LogP contribution < -0.4 is 0 Å². The highest BCUT2D eigenvalue weighted by atomic mass is 32.1. The molecule has 0 radical (unpaired) electrons. The van der Waals surface area contributed by atoms with Crippen LogP contribution in [0, 0.1) is 0 Å². The molecule has 0 amide bonds. The standard InChI is InChI=1S/C13H10N2O2S/c1-17-12(16)11-8-15-7-10(14-13(15)18-11)9-5-3-2-4-6-9/h2-8H,1H3. The van der Waals surface area contributed by atoms with Crippen molar-refractivity contribution in [3.63, 3.8) is 0 Å². The summed E-state index contributed by atoms with van der Waals surface area (Å²) in [6.07, 6.45) is 3.65. The first-order chi connectivity index (χ1) is 8.78. The number of rotatable bonds is 2. The lowest BCUT2D eigenvalue weighted by Crippen LogP contribution is -1.97. The van der Waals surface area contributed by atoms with Crippen molar-refractivity contribution in [1.82, 2.24) is 9.38 Å². The molecule has 0 aliphatic carbocycles. The van der Waals surface area contributed by atoms with Gasteiger partial charge in [0.1, 0.15) is 4.88 Å². The molecule has 1 aromatic carbocycles. The number of methoxy groups -OCH3 is 1. The number of thiazole rings is 1. The van der Waals surface area contributed by atoms with E-state index in [4.69, 9.17) is 0 Å². The Balaban J connectivity index is 2.04. The molecule has 2 heterocycles. The maximum absolute atomic E-state index is 11.4. The quantitative estimate of drug-likeness (QED) is 0.664. The predicted octanol–water partition coefficient (Wildman–Crippen LogP) is 2.85. The van der Waals surface area contributed by atoms with Crippen molar-refractivity contribution in [3.05, 3.63) is 47.6 Å². The SMILES string of the molecule is COC(=O)c1cn2cc(-c3ccccc3)nc2s1. The van der Waals surface area contributed by atoms with Crippen LogP contribution in [-0.2, 0) is 4.74 Å². The lowest BCUT2D eigenvalue weighted by Gasteiger charge is -1.94. The van der Waals surface area contributed by atoms with Gasteiger partial charge in [-0.1, -0.05) is 41.7 Å². The van der Waals surface area contributed by atoms with Gasteiger partial charge in [-0.05, 0) is 0 Å². The molecule has 0 unspecified atom stereocenters. The van der Waals surface area contributed by atoms with Gasteiger partial charge in [0, 0.05) is 18.0 Å². The van der Waals surface area contributed by atoms with Gasteiger partial charge < -0.3 is 4.74 Å². The van der Waals surface area contributed by atoms with Gasteiger partial charge in [0.05, 0.1) is 12.8 Å². The van der Waals surface area contributed by atoms with E-state index in [0.29, 0.717) is 4.88 Å². The Morgan fingerprint density at radius 2 is 2.06 bits per heavy atom. The maximum atomic E-state index is 11.4. The minimum Gasteiger partial charge on any atom is -0.465 e. The minimum absolute atomic E-state index is 0.327. The number of esters is 1. The summed E-state index contributed by atoms with van der Waals surface area (Å²) in [7, 11) is 1.38. The molecule has 0 saturated heterocycles. The topological polar surface area (TPSA) is 43.6 Å². The van der Waals surface area contributed by atoms with E-state index in [2.05, 4.69) is 9.72 Å². The first-order valence-corrected chi connectivity index (χ1v) is 6.22. The van der Waals surface area contributed by atoms with E-state index < -0.39 is 0 Å². The van der Waals surface area contributed by atoms with E-state index in [-0.39, 0.29) is 5.97 Å². The number of carbonyl (C=O) groups is 1. The third-order valence-electron chi connectivity index (χ3n) is 2.61. The van der Waals surface area contributed by atoms with Crippen LogP contribution in [0.25, 0.3) is 16.2 Å². The van der Waals surface area contributed by atoms with Crippen LogP contribution in [0.4, 0.5) is 0 Å². The van der Waals surface area contributed by atoms with Gasteiger partial charge in [0.25, 0.3) is 0 Å². The second-order valence-electron chi connectivity index (χ2n) is 3.77. The monoisotopic (exact) mass is 258 g/mol. The van der Waals surface area contributed by atoms with E-state index in [1.807, 2.05) is 40.9 Å². The molecule has 90 valence electrons. The zero-order chi connectivity index (χ0) is 12.5. The Morgan fingerprint density at radius 1 is 1.28 bits per heavy atom. The number of aromatic nitrogens is 2. The molecular weight excluding hydrogens is 248 g/mol. The molecule has 18 heavy (non-hydrogen) atoms.